The molecular formula is C43H25NOS. The summed E-state index contributed by atoms with van der Waals surface area (Å²) >= 11 is 1.89. The lowest BCUT2D eigenvalue weighted by Crippen LogP contribution is -2.37. The first-order valence-electron chi connectivity index (χ1n) is 15.8. The summed E-state index contributed by atoms with van der Waals surface area (Å²) in [6.45, 7) is 0. The van der Waals surface area contributed by atoms with Gasteiger partial charge in [0, 0.05) is 31.3 Å². The van der Waals surface area contributed by atoms with Gasteiger partial charge in [-0.25, -0.2) is 0 Å². The smallest absolute Gasteiger partial charge is 0.135 e. The Labute approximate surface area is 269 Å². The number of hydrogen-bond acceptors (Lipinski definition) is 2. The fourth-order valence-electron chi connectivity index (χ4n) is 8.41. The van der Waals surface area contributed by atoms with Crippen LogP contribution >= 0.6 is 11.8 Å². The molecule has 0 bridgehead atoms. The van der Waals surface area contributed by atoms with E-state index in [1.165, 1.54) is 70.7 Å². The second-order valence-corrected chi connectivity index (χ2v) is 13.5. The predicted octanol–water partition coefficient (Wildman–Crippen LogP) is 11.5. The highest BCUT2D eigenvalue weighted by molar-refractivity contribution is 7.99. The summed E-state index contributed by atoms with van der Waals surface area (Å²) in [5.41, 5.74) is 13.0. The molecule has 46 heavy (non-hydrogen) atoms. The van der Waals surface area contributed by atoms with E-state index in [2.05, 4.69) is 144 Å². The molecule has 0 saturated heterocycles. The van der Waals surface area contributed by atoms with Crippen molar-refractivity contribution in [2.75, 3.05) is 0 Å². The van der Waals surface area contributed by atoms with E-state index < -0.39 is 5.41 Å². The lowest BCUT2D eigenvalue weighted by atomic mass is 9.62. The van der Waals surface area contributed by atoms with E-state index in [1.54, 1.807) is 0 Å². The molecule has 2 aliphatic rings. The number of para-hydroxylation sites is 4. The van der Waals surface area contributed by atoms with Crippen LogP contribution in [0.15, 0.2) is 166 Å². The molecule has 0 N–H and O–H groups in total. The molecule has 7 aromatic carbocycles. The Kier molecular flexibility index (Phi) is 4.74. The highest BCUT2D eigenvalue weighted by Gasteiger charge is 2.49. The van der Waals surface area contributed by atoms with Crippen molar-refractivity contribution in [3.63, 3.8) is 0 Å². The van der Waals surface area contributed by atoms with E-state index in [1.807, 2.05) is 23.9 Å². The van der Waals surface area contributed by atoms with Crippen LogP contribution in [0.4, 0.5) is 0 Å². The Morgan fingerprint density at radius 1 is 0.457 bits per heavy atom. The van der Waals surface area contributed by atoms with Crippen molar-refractivity contribution in [3.05, 3.63) is 174 Å². The molecule has 3 heteroatoms. The minimum absolute atomic E-state index is 0.457. The lowest BCUT2D eigenvalue weighted by Gasteiger charge is -2.45. The van der Waals surface area contributed by atoms with Gasteiger partial charge < -0.3 is 8.98 Å². The number of hydrogen-bond donors (Lipinski definition) is 0. The molecule has 0 aliphatic carbocycles. The number of nitrogens with zero attached hydrogens (tertiary/aromatic N) is 1. The molecule has 2 aliphatic heterocycles. The Balaban J connectivity index is 1.23. The van der Waals surface area contributed by atoms with Crippen LogP contribution in [-0.4, -0.2) is 4.57 Å². The van der Waals surface area contributed by atoms with Gasteiger partial charge >= 0.3 is 0 Å². The second kappa shape index (κ2) is 8.81. The van der Waals surface area contributed by atoms with Crippen LogP contribution in [0.2, 0.25) is 0 Å². The van der Waals surface area contributed by atoms with Gasteiger partial charge in [-0.1, -0.05) is 121 Å². The van der Waals surface area contributed by atoms with Gasteiger partial charge in [0.25, 0.3) is 0 Å². The fraction of sp³-hybridized carbons (Fsp3) is 0.0233. The van der Waals surface area contributed by atoms with E-state index in [0.29, 0.717) is 0 Å². The number of benzene rings is 7. The van der Waals surface area contributed by atoms with Gasteiger partial charge in [-0.3, -0.25) is 0 Å². The quantitative estimate of drug-likeness (QED) is 0.186. The van der Waals surface area contributed by atoms with Crippen molar-refractivity contribution in [2.24, 2.45) is 0 Å². The molecule has 11 rings (SSSR count). The van der Waals surface area contributed by atoms with Crippen molar-refractivity contribution < 1.29 is 4.42 Å². The topological polar surface area (TPSA) is 18.1 Å². The van der Waals surface area contributed by atoms with Crippen molar-refractivity contribution in [2.45, 2.75) is 15.2 Å². The van der Waals surface area contributed by atoms with Crippen LogP contribution in [0.1, 0.15) is 22.3 Å². The third-order valence-corrected chi connectivity index (χ3v) is 11.4. The first kappa shape index (κ1) is 24.8. The largest absolute Gasteiger partial charge is 0.456 e. The number of furan rings is 1. The monoisotopic (exact) mass is 603 g/mol. The maximum atomic E-state index is 6.15. The van der Waals surface area contributed by atoms with E-state index >= 15 is 0 Å². The van der Waals surface area contributed by atoms with Gasteiger partial charge in [0.15, 0.2) is 0 Å². The normalized spacial score (nSPS) is 16.3. The predicted molar refractivity (Wildman–Crippen MR) is 189 cm³/mol. The second-order valence-electron chi connectivity index (χ2n) is 12.4. The van der Waals surface area contributed by atoms with Crippen LogP contribution in [0.25, 0.3) is 60.6 Å². The Morgan fingerprint density at radius 2 is 1.13 bits per heavy atom. The van der Waals surface area contributed by atoms with Crippen molar-refractivity contribution in [1.29, 1.82) is 0 Å². The SMILES string of the molecule is c1ccc2c(c1)Sc1cc(-c3ccc4oc5ccccc5c4c3)ccc1C21c2ccccc2-n2c3ccccc3c3cccc1c32. The fourth-order valence-corrected chi connectivity index (χ4v) is 9.64. The molecule has 0 fully saturated rings. The Morgan fingerprint density at radius 3 is 2.09 bits per heavy atom. The number of rotatable bonds is 1. The first-order chi connectivity index (χ1) is 22.8. The van der Waals surface area contributed by atoms with Crippen molar-refractivity contribution in [1.82, 2.24) is 4.57 Å². The zero-order valence-electron chi connectivity index (χ0n) is 24.7. The molecule has 1 spiro atoms. The summed E-state index contributed by atoms with van der Waals surface area (Å²) in [6, 6.07) is 55.9. The minimum Gasteiger partial charge on any atom is -0.456 e. The number of aromatic nitrogens is 1. The van der Waals surface area contributed by atoms with Gasteiger partial charge in [0.1, 0.15) is 11.2 Å². The third kappa shape index (κ3) is 2.99. The Hall–Kier alpha value is -5.51. The lowest BCUT2D eigenvalue weighted by molar-refractivity contribution is 0.669. The average molecular weight is 604 g/mol. The van der Waals surface area contributed by atoms with E-state index in [-0.39, 0.29) is 0 Å². The van der Waals surface area contributed by atoms with Crippen molar-refractivity contribution in [3.8, 4) is 16.8 Å². The van der Waals surface area contributed by atoms with Crippen LogP contribution in [0.3, 0.4) is 0 Å². The maximum Gasteiger partial charge on any atom is 0.135 e. The van der Waals surface area contributed by atoms with Crippen LogP contribution < -0.4 is 0 Å². The van der Waals surface area contributed by atoms with Gasteiger partial charge in [-0.05, 0) is 75.8 Å². The highest BCUT2D eigenvalue weighted by atomic mass is 32.2. The molecular weight excluding hydrogens is 579 g/mol. The molecule has 1 unspecified atom stereocenters. The summed E-state index contributed by atoms with van der Waals surface area (Å²) in [5.74, 6) is 0. The van der Waals surface area contributed by atoms with Gasteiger partial charge in [-0.15, -0.1) is 0 Å². The van der Waals surface area contributed by atoms with Crippen LogP contribution in [-0.2, 0) is 5.41 Å². The zero-order chi connectivity index (χ0) is 30.0. The van der Waals surface area contributed by atoms with Gasteiger partial charge in [0.05, 0.1) is 22.1 Å². The first-order valence-corrected chi connectivity index (χ1v) is 16.6. The summed E-state index contributed by atoms with van der Waals surface area (Å²) < 4.78 is 8.66. The van der Waals surface area contributed by atoms with Crippen molar-refractivity contribution >= 4 is 55.5 Å². The molecule has 0 radical (unpaired) electrons. The van der Waals surface area contributed by atoms with Crippen LogP contribution in [0.5, 0.6) is 0 Å². The summed E-state index contributed by atoms with van der Waals surface area (Å²) in [5, 5.41) is 4.90. The maximum absolute atomic E-state index is 6.15. The molecule has 0 amide bonds. The summed E-state index contributed by atoms with van der Waals surface area (Å²) in [4.78, 5) is 2.60. The Bertz CT molecular complexity index is 2750. The third-order valence-electron chi connectivity index (χ3n) is 10.3. The molecule has 2 nitrogen and oxygen atoms in total. The van der Waals surface area contributed by atoms with E-state index in [9.17, 15) is 0 Å². The van der Waals surface area contributed by atoms with E-state index in [0.717, 1.165) is 21.9 Å². The zero-order valence-corrected chi connectivity index (χ0v) is 25.5. The average Bonchev–Trinajstić information content (AvgIpc) is 3.66. The summed E-state index contributed by atoms with van der Waals surface area (Å²) in [7, 11) is 0. The summed E-state index contributed by atoms with van der Waals surface area (Å²) in [6.07, 6.45) is 0. The molecule has 0 saturated carbocycles. The minimum atomic E-state index is -0.457. The molecule has 4 heterocycles. The molecule has 9 aromatic rings. The molecule has 214 valence electrons. The molecule has 2 aromatic heterocycles. The van der Waals surface area contributed by atoms with Gasteiger partial charge in [0.2, 0.25) is 0 Å². The highest BCUT2D eigenvalue weighted by Crippen LogP contribution is 2.60. The van der Waals surface area contributed by atoms with E-state index in [4.69, 9.17) is 4.42 Å². The number of fused-ring (bicyclic) bond motifs is 14. The molecule has 1 atom stereocenters. The van der Waals surface area contributed by atoms with Crippen LogP contribution in [0, 0.1) is 0 Å². The standard InChI is InChI=1S/C43H25NOS/c1-5-16-36-28(10-1)30-12-9-15-35-42(30)44(36)37-17-6-3-13-32(37)43(35)33-14-4-8-19-40(33)46-41-25-27(20-22-34(41)43)26-21-23-39-31(24-26)29-11-2-7-18-38(29)45-39/h1-25H. The van der Waals surface area contributed by atoms with Gasteiger partial charge in [-0.2, -0.15) is 0 Å².